The fourth-order valence-corrected chi connectivity index (χ4v) is 3.72. The van der Waals surface area contributed by atoms with Gasteiger partial charge in [-0.15, -0.1) is 0 Å². The third kappa shape index (κ3) is 4.81. The second kappa shape index (κ2) is 9.12. The average molecular weight is 356 g/mol. The molecule has 3 rings (SSSR count). The third-order valence-corrected chi connectivity index (χ3v) is 5.03. The number of ether oxygens (including phenoxy) is 1. The average Bonchev–Trinajstić information content (AvgIpc) is 2.64. The molecule has 0 amide bonds. The first-order chi connectivity index (χ1) is 12.7. The van der Waals surface area contributed by atoms with Crippen molar-refractivity contribution in [2.45, 2.75) is 51.0 Å². The Bertz CT molecular complexity index is 680. The van der Waals surface area contributed by atoms with Crippen LogP contribution in [0, 0.1) is 6.92 Å². The molecule has 1 aliphatic carbocycles. The molecule has 0 spiro atoms. The molecule has 0 saturated heterocycles. The Balaban J connectivity index is 1.70. The molecule has 3 atom stereocenters. The molecular formula is C21H28N2O3. The van der Waals surface area contributed by atoms with Crippen molar-refractivity contribution in [3.63, 3.8) is 0 Å². The van der Waals surface area contributed by atoms with Gasteiger partial charge < -0.3 is 14.9 Å². The highest BCUT2D eigenvalue weighted by Crippen LogP contribution is 2.28. The van der Waals surface area contributed by atoms with E-state index in [0.29, 0.717) is 13.1 Å². The van der Waals surface area contributed by atoms with E-state index in [1.54, 1.807) is 12.4 Å². The van der Waals surface area contributed by atoms with E-state index < -0.39 is 6.10 Å². The summed E-state index contributed by atoms with van der Waals surface area (Å²) in [7, 11) is 0. The van der Waals surface area contributed by atoms with Gasteiger partial charge in [0.05, 0.1) is 6.61 Å². The number of pyridine rings is 1. The Morgan fingerprint density at radius 2 is 2.00 bits per heavy atom. The Hall–Kier alpha value is -1.95. The monoisotopic (exact) mass is 356 g/mol. The van der Waals surface area contributed by atoms with Crippen molar-refractivity contribution in [1.82, 2.24) is 9.88 Å². The lowest BCUT2D eigenvalue weighted by atomic mass is 9.88. The molecule has 2 aromatic rings. The molecular weight excluding hydrogens is 328 g/mol. The molecule has 0 aliphatic heterocycles. The number of nitrogens with zero attached hydrogens (tertiary/aromatic N) is 2. The predicted molar refractivity (Wildman–Crippen MR) is 101 cm³/mol. The van der Waals surface area contributed by atoms with Crippen molar-refractivity contribution in [2.24, 2.45) is 0 Å². The van der Waals surface area contributed by atoms with E-state index in [9.17, 15) is 10.2 Å². The topological polar surface area (TPSA) is 65.8 Å². The van der Waals surface area contributed by atoms with Crippen LogP contribution in [-0.4, -0.2) is 51.5 Å². The number of hydrogen-bond donors (Lipinski definition) is 2. The number of hydrogen-bond acceptors (Lipinski definition) is 5. The fourth-order valence-electron chi connectivity index (χ4n) is 3.72. The Kier molecular flexibility index (Phi) is 6.61. The van der Waals surface area contributed by atoms with Crippen LogP contribution in [0.2, 0.25) is 0 Å². The molecule has 1 aliphatic rings. The van der Waals surface area contributed by atoms with Gasteiger partial charge in [0.1, 0.15) is 18.0 Å². The van der Waals surface area contributed by atoms with Gasteiger partial charge in [0.2, 0.25) is 0 Å². The molecule has 1 aromatic carbocycles. The van der Waals surface area contributed by atoms with Gasteiger partial charge in [0, 0.05) is 31.5 Å². The summed E-state index contributed by atoms with van der Waals surface area (Å²) in [6, 6.07) is 11.9. The summed E-state index contributed by atoms with van der Waals surface area (Å²) in [5.74, 6) is 0.803. The zero-order valence-corrected chi connectivity index (χ0v) is 15.3. The van der Waals surface area contributed by atoms with Gasteiger partial charge in [0.15, 0.2) is 0 Å². The third-order valence-electron chi connectivity index (χ3n) is 5.03. The van der Waals surface area contributed by atoms with E-state index in [4.69, 9.17) is 4.74 Å². The lowest BCUT2D eigenvalue weighted by molar-refractivity contribution is -0.0586. The van der Waals surface area contributed by atoms with Crippen LogP contribution in [0.15, 0.2) is 48.8 Å². The molecule has 1 fully saturated rings. The number of aryl methyl sites for hydroxylation is 1. The highest BCUT2D eigenvalue weighted by atomic mass is 16.5. The number of rotatable bonds is 7. The van der Waals surface area contributed by atoms with Crippen LogP contribution in [0.5, 0.6) is 5.75 Å². The summed E-state index contributed by atoms with van der Waals surface area (Å²) >= 11 is 0. The van der Waals surface area contributed by atoms with Crippen molar-refractivity contribution < 1.29 is 14.9 Å². The van der Waals surface area contributed by atoms with E-state index in [2.05, 4.69) is 9.88 Å². The number of aliphatic hydroxyl groups excluding tert-OH is 2. The predicted octanol–water partition coefficient (Wildman–Crippen LogP) is 2.55. The highest BCUT2D eigenvalue weighted by Gasteiger charge is 2.36. The van der Waals surface area contributed by atoms with Crippen LogP contribution in [0.25, 0.3) is 0 Å². The Morgan fingerprint density at radius 3 is 2.73 bits per heavy atom. The zero-order chi connectivity index (χ0) is 18.4. The van der Waals surface area contributed by atoms with Gasteiger partial charge in [0.25, 0.3) is 0 Å². The van der Waals surface area contributed by atoms with Crippen molar-refractivity contribution in [2.75, 3.05) is 13.2 Å². The summed E-state index contributed by atoms with van der Waals surface area (Å²) in [6.45, 7) is 3.31. The lowest BCUT2D eigenvalue weighted by Gasteiger charge is -2.41. The molecule has 140 valence electrons. The molecule has 0 unspecified atom stereocenters. The highest BCUT2D eigenvalue weighted by molar-refractivity contribution is 5.27. The van der Waals surface area contributed by atoms with E-state index in [-0.39, 0.29) is 18.8 Å². The van der Waals surface area contributed by atoms with E-state index in [1.807, 2.05) is 43.3 Å². The van der Waals surface area contributed by atoms with Crippen molar-refractivity contribution in [3.05, 3.63) is 59.9 Å². The SMILES string of the molecule is Cc1cccc(O[C@@H]2CCC[C@H](N(CCO)Cc3ccncc3)[C@H]2O)c1. The summed E-state index contributed by atoms with van der Waals surface area (Å²) in [5.41, 5.74) is 2.27. The second-order valence-electron chi connectivity index (χ2n) is 7.01. The molecule has 1 aromatic heterocycles. The van der Waals surface area contributed by atoms with Gasteiger partial charge >= 0.3 is 0 Å². The zero-order valence-electron chi connectivity index (χ0n) is 15.3. The van der Waals surface area contributed by atoms with Crippen LogP contribution < -0.4 is 4.74 Å². The largest absolute Gasteiger partial charge is 0.488 e. The molecule has 5 heteroatoms. The molecule has 0 radical (unpaired) electrons. The molecule has 2 N–H and O–H groups in total. The maximum Gasteiger partial charge on any atom is 0.126 e. The Morgan fingerprint density at radius 1 is 1.19 bits per heavy atom. The van der Waals surface area contributed by atoms with Crippen LogP contribution in [0.1, 0.15) is 30.4 Å². The fraction of sp³-hybridized carbons (Fsp3) is 0.476. The maximum absolute atomic E-state index is 11.0. The van der Waals surface area contributed by atoms with Crippen LogP contribution in [0.3, 0.4) is 0 Å². The van der Waals surface area contributed by atoms with Crippen molar-refractivity contribution >= 4 is 0 Å². The van der Waals surface area contributed by atoms with Crippen molar-refractivity contribution in [1.29, 1.82) is 0 Å². The summed E-state index contributed by atoms with van der Waals surface area (Å²) in [6.07, 6.45) is 5.47. The first-order valence-electron chi connectivity index (χ1n) is 9.32. The van der Waals surface area contributed by atoms with Gasteiger partial charge in [-0.3, -0.25) is 9.88 Å². The molecule has 1 saturated carbocycles. The van der Waals surface area contributed by atoms with Gasteiger partial charge in [-0.25, -0.2) is 0 Å². The van der Waals surface area contributed by atoms with Gasteiger partial charge in [-0.2, -0.15) is 0 Å². The first-order valence-corrected chi connectivity index (χ1v) is 9.32. The number of aromatic nitrogens is 1. The number of aliphatic hydroxyl groups is 2. The van der Waals surface area contributed by atoms with Crippen LogP contribution >= 0.6 is 0 Å². The van der Waals surface area contributed by atoms with Crippen LogP contribution in [-0.2, 0) is 6.54 Å². The minimum Gasteiger partial charge on any atom is -0.488 e. The quantitative estimate of drug-likeness (QED) is 0.798. The number of benzene rings is 1. The summed E-state index contributed by atoms with van der Waals surface area (Å²) < 4.78 is 6.11. The van der Waals surface area contributed by atoms with E-state index in [0.717, 1.165) is 36.1 Å². The van der Waals surface area contributed by atoms with E-state index >= 15 is 0 Å². The van der Waals surface area contributed by atoms with Crippen molar-refractivity contribution in [3.8, 4) is 5.75 Å². The molecule has 5 nitrogen and oxygen atoms in total. The molecule has 0 bridgehead atoms. The summed E-state index contributed by atoms with van der Waals surface area (Å²) in [5, 5.41) is 20.5. The normalized spacial score (nSPS) is 23.2. The standard InChI is InChI=1S/C21H28N2O3/c1-16-4-2-5-18(14-16)26-20-7-3-6-19(21(20)25)23(12-13-24)15-17-8-10-22-11-9-17/h2,4-5,8-11,14,19-21,24-25H,3,6-7,12-13,15H2,1H3/t19-,20+,21+/m0/s1. The van der Waals surface area contributed by atoms with Crippen LogP contribution in [0.4, 0.5) is 0 Å². The maximum atomic E-state index is 11.0. The van der Waals surface area contributed by atoms with Gasteiger partial charge in [-0.1, -0.05) is 12.1 Å². The van der Waals surface area contributed by atoms with Gasteiger partial charge in [-0.05, 0) is 61.6 Å². The first kappa shape index (κ1) is 18.8. The smallest absolute Gasteiger partial charge is 0.126 e. The molecule has 26 heavy (non-hydrogen) atoms. The molecule has 1 heterocycles. The lowest BCUT2D eigenvalue weighted by Crippen LogP contribution is -2.53. The minimum absolute atomic E-state index is 0.0288. The van der Waals surface area contributed by atoms with E-state index in [1.165, 1.54) is 0 Å². The summed E-state index contributed by atoms with van der Waals surface area (Å²) in [4.78, 5) is 6.21. The second-order valence-corrected chi connectivity index (χ2v) is 7.01. The minimum atomic E-state index is -0.586. The Labute approximate surface area is 155 Å².